The Labute approximate surface area is 101 Å². The second-order valence-corrected chi connectivity index (χ2v) is 6.33. The van der Waals surface area contributed by atoms with Crippen LogP contribution in [0.4, 0.5) is 0 Å². The molecule has 0 aromatic rings. The van der Waals surface area contributed by atoms with E-state index in [4.69, 9.17) is 0 Å². The molecule has 0 aromatic heterocycles. The maximum Gasteiger partial charge on any atom is 0.0292 e. The fourth-order valence-corrected chi connectivity index (χ4v) is 3.39. The monoisotopic (exact) mass is 221 g/mol. The molecule has 0 spiro atoms. The molecule has 1 aliphatic carbocycles. The van der Waals surface area contributed by atoms with Crippen LogP contribution in [0, 0.1) is 17.8 Å². The van der Waals surface area contributed by atoms with Crippen molar-refractivity contribution >= 4 is 0 Å². The first kappa shape index (κ1) is 12.0. The molecule has 1 saturated heterocycles. The van der Waals surface area contributed by atoms with Crippen molar-refractivity contribution in [2.24, 2.45) is 17.8 Å². The first-order chi connectivity index (χ1) is 7.58. The third-order valence-electron chi connectivity index (χ3n) is 4.53. The summed E-state index contributed by atoms with van der Waals surface area (Å²) in [7, 11) is 0. The Morgan fingerprint density at radius 1 is 1.38 bits per heavy atom. The number of nitrogens with zero attached hydrogens (tertiary/aromatic N) is 1. The molecule has 0 N–H and O–H groups in total. The molecule has 1 nitrogen and oxygen atoms in total. The highest BCUT2D eigenvalue weighted by molar-refractivity contribution is 5.08. The van der Waals surface area contributed by atoms with Gasteiger partial charge in [0.2, 0.25) is 0 Å². The molecular formula is C15H27N. The summed E-state index contributed by atoms with van der Waals surface area (Å²) < 4.78 is 0. The SMILES string of the molecule is C/C(=C\CCC(C)C)N1CC2C[C@@H]1C[C@@H]2C. The average Bonchev–Trinajstić information content (AvgIpc) is 2.75. The minimum absolute atomic E-state index is 0.833. The minimum Gasteiger partial charge on any atom is -0.372 e. The van der Waals surface area contributed by atoms with Crippen molar-refractivity contribution in [1.82, 2.24) is 4.90 Å². The number of fused-ring (bicyclic) bond motifs is 2. The maximum atomic E-state index is 2.67. The van der Waals surface area contributed by atoms with Crippen LogP contribution in [0.25, 0.3) is 0 Å². The van der Waals surface area contributed by atoms with Crippen LogP contribution in [-0.2, 0) is 0 Å². The van der Waals surface area contributed by atoms with Crippen LogP contribution < -0.4 is 0 Å². The summed E-state index contributed by atoms with van der Waals surface area (Å²) in [6.07, 6.45) is 7.94. The lowest BCUT2D eigenvalue weighted by molar-refractivity contribution is 0.226. The Morgan fingerprint density at radius 2 is 2.12 bits per heavy atom. The zero-order valence-electron chi connectivity index (χ0n) is 11.4. The fraction of sp³-hybridized carbons (Fsp3) is 0.867. The van der Waals surface area contributed by atoms with Crippen LogP contribution in [0.15, 0.2) is 11.8 Å². The molecule has 1 heteroatoms. The molecule has 92 valence electrons. The number of hydrogen-bond donors (Lipinski definition) is 0. The van der Waals surface area contributed by atoms with Crippen molar-refractivity contribution in [3.05, 3.63) is 11.8 Å². The van der Waals surface area contributed by atoms with Gasteiger partial charge in [0.1, 0.15) is 0 Å². The zero-order chi connectivity index (χ0) is 11.7. The van der Waals surface area contributed by atoms with Gasteiger partial charge in [-0.1, -0.05) is 26.8 Å². The summed E-state index contributed by atoms with van der Waals surface area (Å²) in [5, 5.41) is 0. The van der Waals surface area contributed by atoms with E-state index in [0.29, 0.717) is 0 Å². The smallest absolute Gasteiger partial charge is 0.0292 e. The second kappa shape index (κ2) is 4.81. The third kappa shape index (κ3) is 2.44. The largest absolute Gasteiger partial charge is 0.372 e. The van der Waals surface area contributed by atoms with Crippen molar-refractivity contribution < 1.29 is 0 Å². The standard InChI is InChI=1S/C15H27N/c1-11(2)6-5-7-13(4)16-10-14-9-15(16)8-12(14)3/h7,11-12,14-15H,5-6,8-10H2,1-4H3/b13-7+/t12-,14?,15-/m0/s1. The second-order valence-electron chi connectivity index (χ2n) is 6.33. The molecule has 1 saturated carbocycles. The van der Waals surface area contributed by atoms with Crippen LogP contribution in [-0.4, -0.2) is 17.5 Å². The summed E-state index contributed by atoms with van der Waals surface area (Å²) >= 11 is 0. The molecular weight excluding hydrogens is 194 g/mol. The number of allylic oxidation sites excluding steroid dienone is 2. The summed E-state index contributed by atoms with van der Waals surface area (Å²) in [5.41, 5.74) is 1.54. The lowest BCUT2D eigenvalue weighted by atomic mass is 9.96. The predicted molar refractivity (Wildman–Crippen MR) is 70.2 cm³/mol. The topological polar surface area (TPSA) is 3.24 Å². The predicted octanol–water partition coefficient (Wildman–Crippen LogP) is 4.06. The van der Waals surface area contributed by atoms with Crippen molar-refractivity contribution in [2.45, 2.75) is 59.4 Å². The zero-order valence-corrected chi connectivity index (χ0v) is 11.4. The van der Waals surface area contributed by atoms with Gasteiger partial charge < -0.3 is 4.90 Å². The Morgan fingerprint density at radius 3 is 2.62 bits per heavy atom. The van der Waals surface area contributed by atoms with E-state index in [1.165, 1.54) is 32.2 Å². The normalized spacial score (nSPS) is 34.2. The highest BCUT2D eigenvalue weighted by Crippen LogP contribution is 2.43. The molecule has 1 unspecified atom stereocenters. The Kier molecular flexibility index (Phi) is 3.61. The quantitative estimate of drug-likeness (QED) is 0.692. The van der Waals surface area contributed by atoms with Gasteiger partial charge in [-0.15, -0.1) is 0 Å². The molecule has 0 radical (unpaired) electrons. The van der Waals surface area contributed by atoms with E-state index in [1.807, 2.05) is 0 Å². The van der Waals surface area contributed by atoms with Gasteiger partial charge >= 0.3 is 0 Å². The fourth-order valence-electron chi connectivity index (χ4n) is 3.39. The van der Waals surface area contributed by atoms with Crippen molar-refractivity contribution in [2.75, 3.05) is 6.54 Å². The molecule has 2 aliphatic rings. The highest BCUT2D eigenvalue weighted by atomic mass is 15.2. The molecule has 1 heterocycles. The first-order valence-electron chi connectivity index (χ1n) is 7.01. The van der Waals surface area contributed by atoms with Crippen LogP contribution in [0.2, 0.25) is 0 Å². The van der Waals surface area contributed by atoms with Gasteiger partial charge in [0.15, 0.2) is 0 Å². The van der Waals surface area contributed by atoms with E-state index in [9.17, 15) is 0 Å². The lowest BCUT2D eigenvalue weighted by Crippen LogP contribution is -2.33. The third-order valence-corrected chi connectivity index (χ3v) is 4.53. The minimum atomic E-state index is 0.833. The Hall–Kier alpha value is -0.460. The van der Waals surface area contributed by atoms with E-state index in [1.54, 1.807) is 5.70 Å². The van der Waals surface area contributed by atoms with E-state index < -0.39 is 0 Å². The van der Waals surface area contributed by atoms with Crippen LogP contribution >= 0.6 is 0 Å². The molecule has 2 rings (SSSR count). The van der Waals surface area contributed by atoms with Crippen molar-refractivity contribution in [3.63, 3.8) is 0 Å². The van der Waals surface area contributed by atoms with E-state index in [-0.39, 0.29) is 0 Å². The summed E-state index contributed by atoms with van der Waals surface area (Å²) in [6.45, 7) is 10.7. The van der Waals surface area contributed by atoms with Gasteiger partial charge in [-0.2, -0.15) is 0 Å². The van der Waals surface area contributed by atoms with Crippen molar-refractivity contribution in [3.8, 4) is 0 Å². The molecule has 3 atom stereocenters. The van der Waals surface area contributed by atoms with Gasteiger partial charge in [-0.05, 0) is 50.4 Å². The Balaban J connectivity index is 1.85. The van der Waals surface area contributed by atoms with E-state index in [2.05, 4.69) is 38.7 Å². The number of piperidine rings is 1. The number of rotatable bonds is 4. The van der Waals surface area contributed by atoms with Gasteiger partial charge in [-0.25, -0.2) is 0 Å². The van der Waals surface area contributed by atoms with Crippen LogP contribution in [0.1, 0.15) is 53.4 Å². The van der Waals surface area contributed by atoms with E-state index in [0.717, 1.165) is 23.8 Å². The van der Waals surface area contributed by atoms with Crippen molar-refractivity contribution in [1.29, 1.82) is 0 Å². The molecule has 2 bridgehead atoms. The summed E-state index contributed by atoms with van der Waals surface area (Å²) in [5.74, 6) is 2.79. The Bertz CT molecular complexity index is 265. The van der Waals surface area contributed by atoms with Crippen LogP contribution in [0.3, 0.4) is 0 Å². The van der Waals surface area contributed by atoms with Gasteiger partial charge in [0, 0.05) is 18.3 Å². The van der Waals surface area contributed by atoms with Gasteiger partial charge in [0.05, 0.1) is 0 Å². The van der Waals surface area contributed by atoms with Gasteiger partial charge in [0.25, 0.3) is 0 Å². The molecule has 1 aliphatic heterocycles. The molecule has 16 heavy (non-hydrogen) atoms. The summed E-state index contributed by atoms with van der Waals surface area (Å²) in [4.78, 5) is 2.67. The molecule has 0 amide bonds. The number of hydrogen-bond acceptors (Lipinski definition) is 1. The van der Waals surface area contributed by atoms with E-state index >= 15 is 0 Å². The maximum absolute atomic E-state index is 2.67. The lowest BCUT2D eigenvalue weighted by Gasteiger charge is -2.32. The highest BCUT2D eigenvalue weighted by Gasteiger charge is 2.42. The first-order valence-corrected chi connectivity index (χ1v) is 7.01. The molecule has 0 aromatic carbocycles. The number of likely N-dealkylation sites (tertiary alicyclic amines) is 1. The van der Waals surface area contributed by atoms with Gasteiger partial charge in [-0.3, -0.25) is 0 Å². The molecule has 2 fully saturated rings. The summed E-state index contributed by atoms with van der Waals surface area (Å²) in [6, 6.07) is 0.871. The average molecular weight is 221 g/mol. The van der Waals surface area contributed by atoms with Crippen LogP contribution in [0.5, 0.6) is 0 Å².